The minimum atomic E-state index is -1.86. The van der Waals surface area contributed by atoms with Gasteiger partial charge in [-0.1, -0.05) is 47.0 Å². The molecule has 0 aliphatic carbocycles. The number of aryl methyl sites for hydroxylation is 1. The van der Waals surface area contributed by atoms with Gasteiger partial charge >= 0.3 is 5.97 Å². The van der Waals surface area contributed by atoms with Crippen molar-refractivity contribution in [2.45, 2.75) is 59.8 Å². The largest absolute Gasteiger partial charge is 0.773 e. The van der Waals surface area contributed by atoms with Gasteiger partial charge in [-0.2, -0.15) is 0 Å². The maximum Gasteiger partial charge on any atom is 0.337 e. The topological polar surface area (TPSA) is 98.7 Å². The van der Waals surface area contributed by atoms with Gasteiger partial charge < -0.3 is 19.7 Å². The van der Waals surface area contributed by atoms with Gasteiger partial charge in [-0.3, -0.25) is 4.21 Å². The lowest BCUT2D eigenvalue weighted by Crippen LogP contribution is -2.29. The fourth-order valence-corrected chi connectivity index (χ4v) is 4.76. The van der Waals surface area contributed by atoms with Crippen LogP contribution in [0.5, 0.6) is 0 Å². The van der Waals surface area contributed by atoms with Crippen LogP contribution in [0.25, 0.3) is 22.3 Å². The van der Waals surface area contributed by atoms with E-state index in [0.717, 1.165) is 40.1 Å². The zero-order chi connectivity index (χ0) is 28.5. The van der Waals surface area contributed by atoms with Crippen LogP contribution < -0.4 is 5.32 Å². The van der Waals surface area contributed by atoms with Crippen molar-refractivity contribution in [3.8, 4) is 22.3 Å². The summed E-state index contributed by atoms with van der Waals surface area (Å²) in [6.07, 6.45) is -0.131. The number of anilines is 1. The van der Waals surface area contributed by atoms with Gasteiger partial charge in [0.25, 0.3) is 0 Å². The Morgan fingerprint density at radius 3 is 2.16 bits per heavy atom. The molecule has 9 heteroatoms. The highest BCUT2D eigenvalue weighted by molar-refractivity contribution is 7.78. The van der Waals surface area contributed by atoms with Gasteiger partial charge in [-0.25, -0.2) is 13.6 Å². The monoisotopic (exact) mass is 544 g/mol. The number of aliphatic carboxylic acids is 1. The van der Waals surface area contributed by atoms with Gasteiger partial charge in [0.15, 0.2) is 17.7 Å². The molecule has 1 unspecified atom stereocenters. The SMILES string of the molecule is CS(=O)[O-].Cc1ccc(-c2c(C)c3c(c(C)c2[C@H](OC(C)(C)C)C(=O)O)NCc2c-3ccc(F)c2F)cc1. The Bertz CT molecular complexity index is 1390. The van der Waals surface area contributed by atoms with Crippen LogP contribution >= 0.6 is 0 Å². The first-order chi connectivity index (χ1) is 17.6. The third-order valence-electron chi connectivity index (χ3n) is 6.25. The molecule has 2 atom stereocenters. The smallest absolute Gasteiger partial charge is 0.337 e. The minimum absolute atomic E-state index is 0.105. The fourth-order valence-electron chi connectivity index (χ4n) is 4.76. The number of rotatable bonds is 4. The highest BCUT2D eigenvalue weighted by Gasteiger charge is 2.35. The standard InChI is InChI=1S/C28H29F2NO3.CH4O2S/c1-14-7-9-17(10-8-14)21-15(2)22-18-11-12-20(29)24(30)19(18)13-31-25(22)16(3)23(21)26(27(32)33)34-28(4,5)6;1-4(2)3/h7-12,26,31H,13H2,1-6H3,(H,32,33);1H3,(H,2,3)/p-1/t26-;/m0./s1. The molecule has 204 valence electrons. The van der Waals surface area contributed by atoms with Gasteiger partial charge in [0.2, 0.25) is 0 Å². The van der Waals surface area contributed by atoms with Gasteiger partial charge in [0, 0.05) is 28.9 Å². The van der Waals surface area contributed by atoms with Gasteiger partial charge in [0.05, 0.1) is 5.60 Å². The second-order valence-corrected chi connectivity index (χ2v) is 11.0. The fraction of sp³-hybridized carbons (Fsp3) is 0.345. The Labute approximate surface area is 224 Å². The summed E-state index contributed by atoms with van der Waals surface area (Å²) in [6.45, 7) is 11.3. The van der Waals surface area contributed by atoms with Crippen molar-refractivity contribution in [2.75, 3.05) is 11.6 Å². The van der Waals surface area contributed by atoms with Crippen molar-refractivity contribution in [1.29, 1.82) is 0 Å². The minimum Gasteiger partial charge on any atom is -0.773 e. The molecule has 0 aromatic heterocycles. The van der Waals surface area contributed by atoms with Crippen molar-refractivity contribution < 1.29 is 32.2 Å². The van der Waals surface area contributed by atoms with Gasteiger partial charge in [0.1, 0.15) is 0 Å². The first-order valence-electron chi connectivity index (χ1n) is 12.0. The summed E-state index contributed by atoms with van der Waals surface area (Å²) in [5, 5.41) is 13.4. The highest BCUT2D eigenvalue weighted by atomic mass is 32.2. The van der Waals surface area contributed by atoms with Crippen LogP contribution in [0, 0.1) is 32.4 Å². The zero-order valence-electron chi connectivity index (χ0n) is 22.5. The molecule has 0 fully saturated rings. The van der Waals surface area contributed by atoms with Crippen LogP contribution in [-0.2, 0) is 27.2 Å². The van der Waals surface area contributed by atoms with E-state index in [2.05, 4.69) is 5.32 Å². The lowest BCUT2D eigenvalue weighted by atomic mass is 9.80. The van der Waals surface area contributed by atoms with E-state index in [1.54, 1.807) is 6.07 Å². The zero-order valence-corrected chi connectivity index (χ0v) is 23.3. The lowest BCUT2D eigenvalue weighted by molar-refractivity contribution is -0.160. The molecule has 3 aromatic rings. The molecule has 0 amide bonds. The molecule has 38 heavy (non-hydrogen) atoms. The molecule has 1 aliphatic rings. The van der Waals surface area contributed by atoms with Crippen molar-refractivity contribution in [1.82, 2.24) is 0 Å². The molecular formula is C29H32F2NO5S-. The van der Waals surface area contributed by atoms with Crippen LogP contribution in [0.15, 0.2) is 36.4 Å². The van der Waals surface area contributed by atoms with E-state index >= 15 is 0 Å². The Morgan fingerprint density at radius 1 is 1.05 bits per heavy atom. The average Bonchev–Trinajstić information content (AvgIpc) is 2.81. The van der Waals surface area contributed by atoms with E-state index in [-0.39, 0.29) is 12.1 Å². The number of benzene rings is 3. The molecule has 2 N–H and O–H groups in total. The molecule has 0 spiro atoms. The second-order valence-electron chi connectivity index (χ2n) is 10.2. The quantitative estimate of drug-likeness (QED) is 0.360. The van der Waals surface area contributed by atoms with Crippen molar-refractivity contribution in [3.63, 3.8) is 0 Å². The first-order valence-corrected chi connectivity index (χ1v) is 13.5. The van der Waals surface area contributed by atoms with Crippen LogP contribution in [0.1, 0.15) is 54.7 Å². The number of halogens is 2. The predicted molar refractivity (Wildman–Crippen MR) is 145 cm³/mol. The van der Waals surface area contributed by atoms with E-state index in [1.807, 2.05) is 65.8 Å². The summed E-state index contributed by atoms with van der Waals surface area (Å²) in [4.78, 5) is 12.5. The van der Waals surface area contributed by atoms with Crippen LogP contribution in [0.3, 0.4) is 0 Å². The molecule has 3 aromatic carbocycles. The number of hydrogen-bond donors (Lipinski definition) is 2. The van der Waals surface area contributed by atoms with E-state index in [0.29, 0.717) is 22.4 Å². The van der Waals surface area contributed by atoms with Gasteiger partial charge in [-0.15, -0.1) is 0 Å². The molecule has 0 saturated heterocycles. The molecule has 0 bridgehead atoms. The number of carbonyl (C=O) groups is 1. The number of ether oxygens (including phenoxy) is 1. The number of fused-ring (bicyclic) bond motifs is 3. The molecule has 4 rings (SSSR count). The molecule has 0 saturated carbocycles. The number of carboxylic acids is 1. The summed E-state index contributed by atoms with van der Waals surface area (Å²) in [5.41, 5.74) is 6.31. The van der Waals surface area contributed by atoms with E-state index < -0.39 is 40.4 Å². The van der Waals surface area contributed by atoms with E-state index in [4.69, 9.17) is 13.5 Å². The number of carboxylic acid groups (broad SMARTS) is 1. The van der Waals surface area contributed by atoms with E-state index in [1.165, 1.54) is 0 Å². The van der Waals surface area contributed by atoms with Crippen LogP contribution in [0.4, 0.5) is 14.5 Å². The summed E-state index contributed by atoms with van der Waals surface area (Å²) in [5.74, 6) is -2.85. The third-order valence-corrected chi connectivity index (χ3v) is 6.25. The number of hydrogen-bond acceptors (Lipinski definition) is 5. The van der Waals surface area contributed by atoms with E-state index in [9.17, 15) is 18.7 Å². The number of nitrogens with one attached hydrogen (secondary N) is 1. The molecular weight excluding hydrogens is 512 g/mol. The first kappa shape index (κ1) is 29.4. The highest BCUT2D eigenvalue weighted by Crippen LogP contribution is 2.49. The molecule has 1 aliphatic heterocycles. The Hall–Kier alpha value is -3.14. The lowest BCUT2D eigenvalue weighted by Gasteiger charge is -2.33. The average molecular weight is 545 g/mol. The second kappa shape index (κ2) is 11.3. The predicted octanol–water partition coefficient (Wildman–Crippen LogP) is 6.59. The molecule has 6 nitrogen and oxygen atoms in total. The summed E-state index contributed by atoms with van der Waals surface area (Å²) < 4.78 is 52.7. The Balaban J connectivity index is 0.000000934. The van der Waals surface area contributed by atoms with Crippen molar-refractivity contribution in [3.05, 3.63) is 75.8 Å². The molecule has 0 radical (unpaired) electrons. The third kappa shape index (κ3) is 6.11. The maximum absolute atomic E-state index is 14.7. The van der Waals surface area contributed by atoms with Crippen LogP contribution in [-0.4, -0.2) is 31.7 Å². The van der Waals surface area contributed by atoms with Crippen molar-refractivity contribution in [2.24, 2.45) is 0 Å². The van der Waals surface area contributed by atoms with Crippen LogP contribution in [0.2, 0.25) is 0 Å². The Morgan fingerprint density at radius 2 is 1.63 bits per heavy atom. The maximum atomic E-state index is 14.7. The summed E-state index contributed by atoms with van der Waals surface area (Å²) in [7, 11) is 0. The summed E-state index contributed by atoms with van der Waals surface area (Å²) in [6, 6.07) is 10.6. The Kier molecular flexibility index (Phi) is 8.75. The summed E-state index contributed by atoms with van der Waals surface area (Å²) >= 11 is -1.86. The van der Waals surface area contributed by atoms with Gasteiger partial charge in [-0.05, 0) is 81.7 Å². The van der Waals surface area contributed by atoms with Crippen molar-refractivity contribution >= 4 is 22.7 Å². The normalized spacial score (nSPS) is 13.8. The molecule has 1 heterocycles.